The fourth-order valence-corrected chi connectivity index (χ4v) is 3.06. The fourth-order valence-electron chi connectivity index (χ4n) is 2.40. The first kappa shape index (κ1) is 16.1. The molecule has 0 bridgehead atoms. The van der Waals surface area contributed by atoms with Gasteiger partial charge in [-0.05, 0) is 28.5 Å². The molecule has 0 saturated heterocycles. The number of nitrogens with one attached hydrogen (secondary N) is 1. The first-order valence-electron chi connectivity index (χ1n) is 7.37. The second kappa shape index (κ2) is 7.19. The highest BCUT2D eigenvalue weighted by molar-refractivity contribution is 8.13. The van der Waals surface area contributed by atoms with Gasteiger partial charge in [0.2, 0.25) is 0 Å². The highest BCUT2D eigenvalue weighted by Crippen LogP contribution is 2.22. The van der Waals surface area contributed by atoms with E-state index in [1.807, 2.05) is 36.4 Å². The van der Waals surface area contributed by atoms with Crippen LogP contribution in [-0.4, -0.2) is 16.3 Å². The van der Waals surface area contributed by atoms with E-state index in [1.165, 1.54) is 6.07 Å². The monoisotopic (exact) mass is 337 g/mol. The lowest BCUT2D eigenvalue weighted by Gasteiger charge is -2.08. The van der Waals surface area contributed by atoms with Gasteiger partial charge in [0, 0.05) is 5.75 Å². The summed E-state index contributed by atoms with van der Waals surface area (Å²) < 4.78 is 0. The third-order valence-corrected chi connectivity index (χ3v) is 4.42. The van der Waals surface area contributed by atoms with Crippen LogP contribution in [-0.2, 0) is 5.75 Å². The van der Waals surface area contributed by atoms with Crippen LogP contribution in [0.1, 0.15) is 15.9 Å². The van der Waals surface area contributed by atoms with Gasteiger partial charge in [0.05, 0.1) is 11.3 Å². The smallest absolute Gasteiger partial charge is 0.337 e. The first-order valence-corrected chi connectivity index (χ1v) is 8.36. The number of para-hydroxylation sites is 1. The molecule has 2 N–H and O–H groups in total. The Morgan fingerprint density at radius 2 is 1.62 bits per heavy atom. The second-order valence-electron chi connectivity index (χ2n) is 5.23. The van der Waals surface area contributed by atoms with Gasteiger partial charge >= 0.3 is 5.97 Å². The maximum absolute atomic E-state index is 12.1. The number of carboxylic acids is 1. The summed E-state index contributed by atoms with van der Waals surface area (Å²) in [7, 11) is 0. The molecule has 3 rings (SSSR count). The van der Waals surface area contributed by atoms with Crippen molar-refractivity contribution in [3.63, 3.8) is 0 Å². The summed E-state index contributed by atoms with van der Waals surface area (Å²) in [5.74, 6) is -0.545. The van der Waals surface area contributed by atoms with E-state index in [2.05, 4.69) is 11.4 Å². The van der Waals surface area contributed by atoms with E-state index >= 15 is 0 Å². The van der Waals surface area contributed by atoms with Gasteiger partial charge in [0.25, 0.3) is 5.24 Å². The molecule has 0 heterocycles. The van der Waals surface area contributed by atoms with Crippen LogP contribution < -0.4 is 5.32 Å². The van der Waals surface area contributed by atoms with Crippen LogP contribution in [0.15, 0.2) is 66.7 Å². The molecule has 0 spiro atoms. The van der Waals surface area contributed by atoms with Crippen molar-refractivity contribution in [3.05, 3.63) is 77.9 Å². The number of hydrogen-bond donors (Lipinski definition) is 2. The van der Waals surface area contributed by atoms with Crippen LogP contribution >= 0.6 is 11.8 Å². The molecule has 3 aromatic carbocycles. The molecule has 0 atom stereocenters. The molecule has 0 aliphatic heterocycles. The Balaban J connectivity index is 1.66. The van der Waals surface area contributed by atoms with Gasteiger partial charge in [-0.1, -0.05) is 66.4 Å². The Bertz CT molecular complexity index is 908. The summed E-state index contributed by atoms with van der Waals surface area (Å²) in [4.78, 5) is 23.2. The molecular formula is C19H15NO3S. The zero-order chi connectivity index (χ0) is 16.9. The van der Waals surface area contributed by atoms with Crippen molar-refractivity contribution < 1.29 is 14.7 Å². The van der Waals surface area contributed by atoms with Crippen LogP contribution in [0.4, 0.5) is 10.5 Å². The standard InChI is InChI=1S/C19H15NO3S/c21-18(22)16-7-3-4-8-17(16)20-19(23)24-12-13-9-10-14-5-1-2-6-15(14)11-13/h1-11H,12H2,(H,20,23)(H,21,22). The average molecular weight is 337 g/mol. The molecule has 0 aromatic heterocycles. The molecule has 1 amide bonds. The Hall–Kier alpha value is -2.79. The predicted octanol–water partition coefficient (Wildman–Crippen LogP) is 5.00. The normalized spacial score (nSPS) is 10.5. The minimum absolute atomic E-state index is 0.0807. The molecule has 0 aliphatic rings. The number of aromatic carboxylic acids is 1. The minimum atomic E-state index is -1.06. The molecule has 4 nitrogen and oxygen atoms in total. The van der Waals surface area contributed by atoms with Crippen molar-refractivity contribution in [2.45, 2.75) is 5.75 Å². The number of thioether (sulfide) groups is 1. The van der Waals surface area contributed by atoms with Crippen molar-refractivity contribution in [2.24, 2.45) is 0 Å². The van der Waals surface area contributed by atoms with Crippen molar-refractivity contribution in [1.82, 2.24) is 0 Å². The molecule has 0 aliphatic carbocycles. The molecule has 0 saturated carbocycles. The van der Waals surface area contributed by atoms with E-state index in [9.17, 15) is 9.59 Å². The Morgan fingerprint density at radius 1 is 0.917 bits per heavy atom. The van der Waals surface area contributed by atoms with E-state index in [0.717, 1.165) is 28.1 Å². The van der Waals surface area contributed by atoms with Crippen molar-refractivity contribution in [2.75, 3.05) is 5.32 Å². The number of hydrogen-bond acceptors (Lipinski definition) is 3. The quantitative estimate of drug-likeness (QED) is 0.703. The molecule has 24 heavy (non-hydrogen) atoms. The van der Waals surface area contributed by atoms with E-state index in [1.54, 1.807) is 18.2 Å². The summed E-state index contributed by atoms with van der Waals surface area (Å²) in [5, 5.41) is 13.8. The first-order chi connectivity index (χ1) is 11.6. The SMILES string of the molecule is O=C(Nc1ccccc1C(=O)O)SCc1ccc2ccccc2c1. The molecule has 5 heteroatoms. The number of anilines is 1. The van der Waals surface area contributed by atoms with Gasteiger partial charge < -0.3 is 10.4 Å². The maximum Gasteiger partial charge on any atom is 0.337 e. The van der Waals surface area contributed by atoms with Crippen LogP contribution in [0.5, 0.6) is 0 Å². The summed E-state index contributed by atoms with van der Waals surface area (Å²) in [5.41, 5.74) is 1.43. The summed E-state index contributed by atoms with van der Waals surface area (Å²) >= 11 is 1.11. The lowest BCUT2D eigenvalue weighted by molar-refractivity contribution is 0.0698. The molecular weight excluding hydrogens is 322 g/mol. The van der Waals surface area contributed by atoms with E-state index in [0.29, 0.717) is 11.4 Å². The molecule has 0 unspecified atom stereocenters. The third kappa shape index (κ3) is 3.75. The largest absolute Gasteiger partial charge is 0.478 e. The molecule has 120 valence electrons. The summed E-state index contributed by atoms with van der Waals surface area (Å²) in [6.07, 6.45) is 0. The highest BCUT2D eigenvalue weighted by atomic mass is 32.2. The topological polar surface area (TPSA) is 66.4 Å². The number of benzene rings is 3. The van der Waals surface area contributed by atoms with Crippen LogP contribution in [0.2, 0.25) is 0 Å². The highest BCUT2D eigenvalue weighted by Gasteiger charge is 2.12. The Kier molecular flexibility index (Phi) is 4.82. The molecule has 0 radical (unpaired) electrons. The number of amides is 1. The van der Waals surface area contributed by atoms with Crippen molar-refractivity contribution in [3.8, 4) is 0 Å². The zero-order valence-electron chi connectivity index (χ0n) is 12.7. The van der Waals surface area contributed by atoms with Gasteiger partial charge in [-0.3, -0.25) is 4.79 Å². The maximum atomic E-state index is 12.1. The minimum Gasteiger partial charge on any atom is -0.478 e. The lowest BCUT2D eigenvalue weighted by atomic mass is 10.1. The third-order valence-electron chi connectivity index (χ3n) is 3.58. The van der Waals surface area contributed by atoms with Gasteiger partial charge in [0.15, 0.2) is 0 Å². The van der Waals surface area contributed by atoms with Crippen LogP contribution in [0.3, 0.4) is 0 Å². The van der Waals surface area contributed by atoms with E-state index in [4.69, 9.17) is 5.11 Å². The lowest BCUT2D eigenvalue weighted by Crippen LogP contribution is -2.10. The number of carboxylic acid groups (broad SMARTS) is 1. The average Bonchev–Trinajstić information content (AvgIpc) is 2.60. The number of carbonyl (C=O) groups excluding carboxylic acids is 1. The number of carbonyl (C=O) groups is 2. The van der Waals surface area contributed by atoms with Crippen molar-refractivity contribution in [1.29, 1.82) is 0 Å². The zero-order valence-corrected chi connectivity index (χ0v) is 13.5. The Labute approximate surface area is 143 Å². The van der Waals surface area contributed by atoms with Gasteiger partial charge in [0.1, 0.15) is 0 Å². The van der Waals surface area contributed by atoms with E-state index in [-0.39, 0.29) is 10.8 Å². The second-order valence-corrected chi connectivity index (χ2v) is 6.18. The molecule has 3 aromatic rings. The van der Waals surface area contributed by atoms with Gasteiger partial charge in [-0.2, -0.15) is 0 Å². The van der Waals surface area contributed by atoms with Gasteiger partial charge in [-0.15, -0.1) is 0 Å². The summed E-state index contributed by atoms with van der Waals surface area (Å²) in [6, 6.07) is 20.5. The van der Waals surface area contributed by atoms with Crippen LogP contribution in [0.25, 0.3) is 10.8 Å². The number of rotatable bonds is 4. The summed E-state index contributed by atoms with van der Waals surface area (Å²) in [6.45, 7) is 0. The van der Waals surface area contributed by atoms with Crippen LogP contribution in [0, 0.1) is 0 Å². The van der Waals surface area contributed by atoms with Gasteiger partial charge in [-0.25, -0.2) is 4.79 Å². The Morgan fingerprint density at radius 3 is 2.42 bits per heavy atom. The molecule has 0 fully saturated rings. The van der Waals surface area contributed by atoms with E-state index < -0.39 is 5.97 Å². The number of fused-ring (bicyclic) bond motifs is 1. The fraction of sp³-hybridized carbons (Fsp3) is 0.0526. The van der Waals surface area contributed by atoms with Crippen molar-refractivity contribution >= 4 is 39.4 Å². The predicted molar refractivity (Wildman–Crippen MR) is 97.7 cm³/mol.